The van der Waals surface area contributed by atoms with Gasteiger partial charge in [0.1, 0.15) is 0 Å². The number of benzene rings is 1. The Morgan fingerprint density at radius 2 is 2.00 bits per heavy atom. The van der Waals surface area contributed by atoms with Gasteiger partial charge in [-0.3, -0.25) is 0 Å². The molecule has 0 saturated carbocycles. The van der Waals surface area contributed by atoms with Crippen LogP contribution in [0, 0.1) is 0 Å². The Morgan fingerprint density at radius 1 is 1.45 bits per heavy atom. The number of carboxylic acids is 1. The number of carbonyl (C=O) groups is 1. The van der Waals surface area contributed by atoms with Gasteiger partial charge in [0.05, 0.1) is 5.97 Å². The topological polar surface area (TPSA) is 66.2 Å². The molecule has 0 aliphatic carbocycles. The molecule has 0 aliphatic heterocycles. The van der Waals surface area contributed by atoms with E-state index in [2.05, 4.69) is 0 Å². The first-order valence-electron chi connectivity index (χ1n) is 3.60. The summed E-state index contributed by atoms with van der Waals surface area (Å²) in [7, 11) is 0. The normalized spacial score (nSPS) is 10.5. The van der Waals surface area contributed by atoms with E-state index in [0.717, 1.165) is 0 Å². The molecule has 0 unspecified atom stereocenters. The first kappa shape index (κ1) is 7.16. The van der Waals surface area contributed by atoms with Gasteiger partial charge < -0.3 is 15.6 Å². The molecule has 3 nitrogen and oxygen atoms in total. The summed E-state index contributed by atoms with van der Waals surface area (Å²) in [5, 5.41) is 10.3. The van der Waals surface area contributed by atoms with Gasteiger partial charge in [-0.15, -0.1) is 0 Å². The molecule has 1 rings (SSSR count). The minimum absolute atomic E-state index is 0. The third-order valence-corrected chi connectivity index (χ3v) is 1.10. The van der Waals surface area contributed by atoms with Gasteiger partial charge in [-0.25, -0.2) is 0 Å². The maximum absolute atomic E-state index is 10.3. The van der Waals surface area contributed by atoms with E-state index in [0.29, 0.717) is 11.4 Å². The van der Waals surface area contributed by atoms with E-state index < -0.39 is 5.97 Å². The van der Waals surface area contributed by atoms with Gasteiger partial charge in [0.25, 0.3) is 0 Å². The Kier molecular flexibility index (Phi) is 2.85. The van der Waals surface area contributed by atoms with Crippen molar-refractivity contribution in [1.82, 2.24) is 0 Å². The molecule has 4 heteroatoms. The van der Waals surface area contributed by atoms with Crippen molar-refractivity contribution in [2.24, 2.45) is 0 Å². The second-order valence-corrected chi connectivity index (χ2v) is 1.83. The van der Waals surface area contributed by atoms with E-state index in [1.807, 2.05) is 0 Å². The van der Waals surface area contributed by atoms with Crippen molar-refractivity contribution in [2.75, 3.05) is 5.72 Å². The predicted octanol–water partition coefficient (Wildman–Crippen LogP) is -3.36. The molecule has 0 aromatic heterocycles. The zero-order chi connectivity index (χ0) is 9.14. The third-order valence-electron chi connectivity index (χ3n) is 1.10. The molecule has 0 amide bonds. The number of carboxylic acid groups (broad SMARTS) is 1. The maximum atomic E-state index is 10.3. The number of anilines is 1. The van der Waals surface area contributed by atoms with E-state index in [1.54, 1.807) is 0 Å². The summed E-state index contributed by atoms with van der Waals surface area (Å²) in [5.74, 6) is -1.26. The number of carbonyl (C=O) groups excluding carboxylic acids is 1. The van der Waals surface area contributed by atoms with Crippen LogP contribution in [-0.2, 0) is 0 Å². The SMILES string of the molecule is [2H]N([2H])c1ccc(C(=O)[O-])cc1.[Na+]. The van der Waals surface area contributed by atoms with E-state index in [1.165, 1.54) is 24.3 Å². The Hall–Kier alpha value is -0.510. The van der Waals surface area contributed by atoms with Gasteiger partial charge in [0.15, 0.2) is 2.82 Å². The molecule has 0 saturated heterocycles. The first-order valence-corrected chi connectivity index (χ1v) is 2.70. The number of nitrogen functional groups attached to an aromatic ring is 1. The maximum Gasteiger partial charge on any atom is 1.00 e. The second-order valence-electron chi connectivity index (χ2n) is 1.83. The molecule has 11 heavy (non-hydrogen) atoms. The zero-order valence-corrected chi connectivity index (χ0v) is 8.07. The quantitative estimate of drug-likeness (QED) is 0.364. The molecular formula is C7H6NNaO2. The Morgan fingerprint density at radius 3 is 2.36 bits per heavy atom. The molecule has 0 heterocycles. The molecule has 0 fully saturated rings. The van der Waals surface area contributed by atoms with Crippen molar-refractivity contribution in [3.8, 4) is 0 Å². The predicted molar refractivity (Wildman–Crippen MR) is 35.2 cm³/mol. The van der Waals surface area contributed by atoms with Crippen LogP contribution >= 0.6 is 0 Å². The van der Waals surface area contributed by atoms with E-state index in [-0.39, 0.29) is 35.1 Å². The Labute approximate surface area is 89.4 Å². The van der Waals surface area contributed by atoms with Crippen LogP contribution in [0.2, 0.25) is 2.82 Å². The van der Waals surface area contributed by atoms with Crippen molar-refractivity contribution in [3.63, 3.8) is 0 Å². The summed E-state index contributed by atoms with van der Waals surface area (Å²) in [6.45, 7) is 0. The molecule has 2 N–H and O–H groups in total. The fourth-order valence-corrected chi connectivity index (χ4v) is 0.598. The van der Waals surface area contributed by atoms with Gasteiger partial charge in [-0.2, -0.15) is 0 Å². The van der Waals surface area contributed by atoms with Crippen molar-refractivity contribution >= 4 is 11.7 Å². The van der Waals surface area contributed by atoms with Crippen molar-refractivity contribution in [3.05, 3.63) is 29.8 Å². The fourth-order valence-electron chi connectivity index (χ4n) is 0.598. The standard InChI is InChI=1S/C7H7NO2.Na/c8-6-3-1-5(2-4-6)7(9)10;/h1-4H,8H2,(H,9,10);/q;+1/p-1/i/hD2. The smallest absolute Gasteiger partial charge is 0.545 e. The van der Waals surface area contributed by atoms with Crippen molar-refractivity contribution in [2.45, 2.75) is 0 Å². The van der Waals surface area contributed by atoms with Crippen LogP contribution in [0.4, 0.5) is 5.69 Å². The van der Waals surface area contributed by atoms with Crippen LogP contribution < -0.4 is 40.4 Å². The third kappa shape index (κ3) is 2.93. The molecular weight excluding hydrogens is 153 g/mol. The summed E-state index contributed by atoms with van der Waals surface area (Å²) in [4.78, 5) is 10.3. The molecule has 0 spiro atoms. The minimum atomic E-state index is -1.26. The zero-order valence-electron chi connectivity index (χ0n) is 8.07. The average Bonchev–Trinajstić information content (AvgIpc) is 2.04. The van der Waals surface area contributed by atoms with Gasteiger partial charge in [-0.05, 0) is 17.7 Å². The molecule has 1 aromatic carbocycles. The van der Waals surface area contributed by atoms with E-state index in [9.17, 15) is 9.90 Å². The van der Waals surface area contributed by atoms with Crippen LogP contribution in [0.1, 0.15) is 10.4 Å². The molecule has 1 aromatic rings. The monoisotopic (exact) mass is 161 g/mol. The number of nitrogens with two attached hydrogens (primary N) is 1. The van der Waals surface area contributed by atoms with Crippen LogP contribution in [0.25, 0.3) is 0 Å². The van der Waals surface area contributed by atoms with Crippen LogP contribution in [0.3, 0.4) is 0 Å². The van der Waals surface area contributed by atoms with Gasteiger partial charge >= 0.3 is 29.6 Å². The Balaban J connectivity index is 0.00000144. The summed E-state index contributed by atoms with van der Waals surface area (Å²) in [5.41, 5.74) is 0.750. The molecule has 0 aliphatic rings. The molecule has 0 radical (unpaired) electrons. The Bertz CT molecular complexity index is 289. The number of aromatic carboxylic acids is 1. The minimum Gasteiger partial charge on any atom is -0.545 e. The summed E-state index contributed by atoms with van der Waals surface area (Å²) >= 11 is 0. The summed E-state index contributed by atoms with van der Waals surface area (Å²) in [6.07, 6.45) is 0. The number of hydrogen-bond acceptors (Lipinski definition) is 3. The molecule has 0 bridgehead atoms. The average molecular weight is 161 g/mol. The summed E-state index contributed by atoms with van der Waals surface area (Å²) in [6, 6.07) is 5.32. The first-order chi connectivity index (χ1) is 5.61. The van der Waals surface area contributed by atoms with Crippen molar-refractivity contribution in [1.29, 1.82) is 0 Å². The van der Waals surface area contributed by atoms with Crippen LogP contribution in [0.5, 0.6) is 0 Å². The summed E-state index contributed by atoms with van der Waals surface area (Å²) < 4.78 is 13.7. The van der Waals surface area contributed by atoms with Crippen molar-refractivity contribution < 1.29 is 42.3 Å². The molecule has 0 atom stereocenters. The van der Waals surface area contributed by atoms with Gasteiger partial charge in [-0.1, -0.05) is 12.1 Å². The largest absolute Gasteiger partial charge is 1.00 e. The van der Waals surface area contributed by atoms with Crippen LogP contribution in [0.15, 0.2) is 24.3 Å². The fraction of sp³-hybridized carbons (Fsp3) is 0. The van der Waals surface area contributed by atoms with Gasteiger partial charge in [0.2, 0.25) is 0 Å². The second kappa shape index (κ2) is 4.38. The van der Waals surface area contributed by atoms with E-state index in [4.69, 9.17) is 2.82 Å². The van der Waals surface area contributed by atoms with E-state index >= 15 is 0 Å². The number of hydrogen-bond donors (Lipinski definition) is 1. The van der Waals surface area contributed by atoms with Gasteiger partial charge in [0, 0.05) is 5.69 Å². The van der Waals surface area contributed by atoms with Crippen LogP contribution in [-0.4, -0.2) is 5.97 Å². The molecule has 52 valence electrons. The number of rotatable bonds is 2.